The molecule has 0 aliphatic carbocycles. The Hall–Kier alpha value is 1.62. The molecule has 0 aromatic rings. The van der Waals surface area contributed by atoms with E-state index in [-0.39, 0.29) is 30.2 Å². The van der Waals surface area contributed by atoms with E-state index >= 15 is 0 Å². The number of hydrogen-bond acceptors (Lipinski definition) is 0. The van der Waals surface area contributed by atoms with Crippen LogP contribution in [0.15, 0.2) is 0 Å². The molecule has 0 saturated carbocycles. The third-order valence-electron chi connectivity index (χ3n) is 0. The molecule has 28 valence electrons. The van der Waals surface area contributed by atoms with E-state index in [1.807, 2.05) is 0 Å². The molecule has 0 amide bonds. The van der Waals surface area contributed by atoms with Gasteiger partial charge < -0.3 is 0 Å². The largest absolute Gasteiger partial charge is 2.00 e. The Labute approximate surface area is 50.3 Å². The zero-order chi connectivity index (χ0) is 2.71. The zero-order valence-electron chi connectivity index (χ0n) is 1.46. The molecule has 0 nitrogen and oxygen atoms in total. The van der Waals surface area contributed by atoms with Gasteiger partial charge in [-0.05, 0) is 0 Å². The maximum Gasteiger partial charge on any atom is 2.00 e. The first kappa shape index (κ1) is 9.15. The third-order valence-corrected chi connectivity index (χ3v) is 0. The monoisotopic (exact) mass is 182 g/mol. The quantitative estimate of drug-likeness (QED) is 0.497. The second-order valence-corrected chi connectivity index (χ2v) is 1.87. The molecule has 4 heavy (non-hydrogen) atoms. The molecule has 0 unspecified atom stereocenters. The van der Waals surface area contributed by atoms with Crippen molar-refractivity contribution in [2.75, 3.05) is 0 Å². The zero-order valence-corrected chi connectivity index (χ0v) is 5.18. The van der Waals surface area contributed by atoms with Gasteiger partial charge in [0.25, 0.3) is 0 Å². The van der Waals surface area contributed by atoms with Crippen LogP contribution in [-0.2, 0) is 30.2 Å². The van der Waals surface area contributed by atoms with Crippen molar-refractivity contribution >= 4 is 20.2 Å². The summed E-state index contributed by atoms with van der Waals surface area (Å²) in [4.78, 5) is 0. The third kappa shape index (κ3) is 9.47. The molecule has 0 rings (SSSR count). The van der Waals surface area contributed by atoms with Gasteiger partial charge in [-0.3, -0.25) is 0 Å². The van der Waals surface area contributed by atoms with Crippen LogP contribution in [0.3, 0.4) is 0 Å². The van der Waals surface area contributed by atoms with Gasteiger partial charge in [-0.2, -0.15) is 0 Å². The van der Waals surface area contributed by atoms with Gasteiger partial charge in [-0.25, -0.2) is 0 Å². The Kier molecular flexibility index (Phi) is 20.2. The van der Waals surface area contributed by atoms with Gasteiger partial charge in [0.2, 0.25) is 0 Å². The predicted molar refractivity (Wildman–Crippen MR) is 11.7 cm³/mol. The number of halogens is 2. The smallest absolute Gasteiger partial charge is 2.00 e. The number of hydrogen-bond donors (Lipinski definition) is 0. The average Bonchev–Trinajstić information content (AvgIpc) is 0.918. The summed E-state index contributed by atoms with van der Waals surface area (Å²) in [5.41, 5.74) is 0. The summed E-state index contributed by atoms with van der Waals surface area (Å²) in [6.07, 6.45) is 0. The van der Waals surface area contributed by atoms with E-state index in [1.54, 1.807) is 0 Å². The van der Waals surface area contributed by atoms with E-state index in [2.05, 4.69) is 0 Å². The van der Waals surface area contributed by atoms with Crippen molar-refractivity contribution in [1.29, 1.82) is 0 Å². The molecule has 0 N–H and O–H groups in total. The van der Waals surface area contributed by atoms with E-state index < -0.39 is 0 Å². The molecule has 0 spiro atoms. The van der Waals surface area contributed by atoms with Crippen LogP contribution in [0.4, 0.5) is 0 Å². The molecule has 0 atom stereocenters. The molecule has 0 radical (unpaired) electrons. The fourth-order valence-electron chi connectivity index (χ4n) is 0. The Morgan fingerprint density at radius 2 is 1.25 bits per heavy atom. The standard InChI is InChI=1S/2ClH.2Fe/h2*1H;;/q;;2*+2/p-2. The predicted octanol–water partition coefficient (Wildman–Crippen LogP) is 1.37. The van der Waals surface area contributed by atoms with Gasteiger partial charge in [0.05, 0.1) is 0 Å². The van der Waals surface area contributed by atoms with Crippen molar-refractivity contribution in [1.82, 2.24) is 0 Å². The van der Waals surface area contributed by atoms with Crippen LogP contribution >= 0.6 is 20.2 Å². The van der Waals surface area contributed by atoms with Crippen molar-refractivity contribution in [3.05, 3.63) is 0 Å². The summed E-state index contributed by atoms with van der Waals surface area (Å²) in [5, 5.41) is 0. The van der Waals surface area contributed by atoms with Crippen LogP contribution in [0.5, 0.6) is 0 Å². The first-order chi connectivity index (χ1) is 1.41. The van der Waals surface area contributed by atoms with E-state index in [9.17, 15) is 0 Å². The Morgan fingerprint density at radius 1 is 1.25 bits per heavy atom. The summed E-state index contributed by atoms with van der Waals surface area (Å²) in [7, 11) is 9.53. The van der Waals surface area contributed by atoms with E-state index in [1.165, 1.54) is 0 Å². The molecule has 0 aromatic heterocycles. The fraction of sp³-hybridized carbons (Fsp3) is 0. The topological polar surface area (TPSA) is 0 Å². The van der Waals surface area contributed by atoms with E-state index in [4.69, 9.17) is 20.2 Å². The summed E-state index contributed by atoms with van der Waals surface area (Å²) in [6.45, 7) is 0. The SMILES string of the molecule is [Cl][Fe][Cl].[Fe+2]. The minimum Gasteiger partial charge on any atom is 2.00 e. The molecule has 0 aliphatic rings. The van der Waals surface area contributed by atoms with Crippen molar-refractivity contribution < 1.29 is 30.2 Å². The van der Waals surface area contributed by atoms with Crippen LogP contribution in [-0.4, -0.2) is 0 Å². The molecule has 0 aliphatic heterocycles. The molecular weight excluding hydrogens is 183 g/mol. The minimum absolute atomic E-state index is 0. The maximum atomic E-state index is 4.76. The van der Waals surface area contributed by atoms with Crippen LogP contribution in [0.25, 0.3) is 0 Å². The van der Waals surface area contributed by atoms with Gasteiger partial charge in [-0.15, -0.1) is 0 Å². The number of rotatable bonds is 0. The van der Waals surface area contributed by atoms with Crippen molar-refractivity contribution in [3.63, 3.8) is 0 Å². The van der Waals surface area contributed by atoms with Crippen LogP contribution in [0.2, 0.25) is 0 Å². The first-order valence-electron chi connectivity index (χ1n) is 0.267. The minimum atomic E-state index is 0. The fourth-order valence-corrected chi connectivity index (χ4v) is 0. The van der Waals surface area contributed by atoms with Gasteiger partial charge in [-0.1, -0.05) is 0 Å². The van der Waals surface area contributed by atoms with Gasteiger partial charge in [0, 0.05) is 0 Å². The second kappa shape index (κ2) is 8.82. The summed E-state index contributed by atoms with van der Waals surface area (Å²) >= 11 is 0.194. The average molecular weight is 183 g/mol. The van der Waals surface area contributed by atoms with Crippen molar-refractivity contribution in [2.24, 2.45) is 0 Å². The van der Waals surface area contributed by atoms with Gasteiger partial charge in [0.15, 0.2) is 0 Å². The van der Waals surface area contributed by atoms with Crippen LogP contribution in [0, 0.1) is 0 Å². The second-order valence-electron chi connectivity index (χ2n) is 0.0505. The summed E-state index contributed by atoms with van der Waals surface area (Å²) < 4.78 is 0. The van der Waals surface area contributed by atoms with E-state index in [0.29, 0.717) is 0 Å². The molecule has 4 heteroatoms. The van der Waals surface area contributed by atoms with Crippen LogP contribution in [0.1, 0.15) is 0 Å². The van der Waals surface area contributed by atoms with Gasteiger partial charge in [0.1, 0.15) is 0 Å². The van der Waals surface area contributed by atoms with Crippen molar-refractivity contribution in [3.8, 4) is 0 Å². The van der Waals surface area contributed by atoms with Crippen LogP contribution < -0.4 is 0 Å². The molecule has 0 heterocycles. The Morgan fingerprint density at radius 3 is 1.25 bits per heavy atom. The summed E-state index contributed by atoms with van der Waals surface area (Å²) in [5.74, 6) is 0. The first-order valence-corrected chi connectivity index (χ1v) is 3.31. The van der Waals surface area contributed by atoms with E-state index in [0.717, 1.165) is 0 Å². The Balaban J connectivity index is 0. The normalized spacial score (nSPS) is 5.50. The maximum absolute atomic E-state index is 4.76. The molecule has 0 bridgehead atoms. The molecule has 0 aromatic carbocycles. The Bertz CT molecular complexity index is 4.00. The summed E-state index contributed by atoms with van der Waals surface area (Å²) in [6, 6.07) is 0. The molecular formula is Cl2Fe2+2. The molecule has 0 saturated heterocycles. The van der Waals surface area contributed by atoms with Gasteiger partial charge >= 0.3 is 50.4 Å². The molecule has 0 fully saturated rings. The van der Waals surface area contributed by atoms with Crippen molar-refractivity contribution in [2.45, 2.75) is 0 Å².